The van der Waals surface area contributed by atoms with Gasteiger partial charge in [0.2, 0.25) is 0 Å². The molecule has 1 atom stereocenters. The molecule has 0 aromatic carbocycles. The zero-order valence-corrected chi connectivity index (χ0v) is 16.4. The summed E-state index contributed by atoms with van der Waals surface area (Å²) in [7, 11) is 0. The summed E-state index contributed by atoms with van der Waals surface area (Å²) >= 11 is 0. The van der Waals surface area contributed by atoms with E-state index >= 15 is 0 Å². The zero-order valence-electron chi connectivity index (χ0n) is 13.2. The fourth-order valence-corrected chi connectivity index (χ4v) is 1.37. The Kier molecular flexibility index (Phi) is 13.3. The second kappa shape index (κ2) is 13.6. The Bertz CT molecular complexity index is 652. The molecule has 0 saturated heterocycles. The third-order valence-electron chi connectivity index (χ3n) is 2.45. The summed E-state index contributed by atoms with van der Waals surface area (Å²) in [6.07, 6.45) is 4.60. The summed E-state index contributed by atoms with van der Waals surface area (Å²) in [5.74, 6) is -3.51. The van der Waals surface area contributed by atoms with Crippen LogP contribution in [0.15, 0.2) is 55.0 Å². The van der Waals surface area contributed by atoms with Crippen molar-refractivity contribution >= 4 is 27.8 Å². The molecule has 0 amide bonds. The van der Waals surface area contributed by atoms with Crippen molar-refractivity contribution in [3.63, 3.8) is 0 Å². The minimum Gasteiger partial charge on any atom is -0.543 e. The molecular weight excluding hydrogens is 450 g/mol. The van der Waals surface area contributed by atoms with Crippen molar-refractivity contribution in [3.8, 4) is 0 Å². The average Bonchev–Trinajstić information content (AvgIpc) is 3.29. The Morgan fingerprint density at radius 3 is 0.923 bits per heavy atom. The maximum absolute atomic E-state index is 9.92. The largest absolute Gasteiger partial charge is 3.00 e. The molecule has 1 unspecified atom stereocenters. The van der Waals surface area contributed by atoms with E-state index in [2.05, 4.69) is 15.0 Å². The van der Waals surface area contributed by atoms with Gasteiger partial charge in [-0.05, 0) is 36.4 Å². The molecule has 3 heterocycles. The molecule has 3 rings (SSSR count). The van der Waals surface area contributed by atoms with Crippen molar-refractivity contribution in [3.05, 3.63) is 72.1 Å². The quantitative estimate of drug-likeness (QED) is 0.304. The number of aromatic amines is 3. The van der Waals surface area contributed by atoms with Crippen molar-refractivity contribution < 1.29 is 49.2 Å². The number of carbonyl (C=O) groups excluding carboxylic acids is 3. The van der Waals surface area contributed by atoms with Gasteiger partial charge in [-0.25, -0.2) is 0 Å². The van der Waals surface area contributed by atoms with Crippen LogP contribution in [0.5, 0.6) is 0 Å². The fraction of sp³-hybridized carbons (Fsp3) is 0. The molecule has 0 aliphatic rings. The van der Waals surface area contributed by atoms with Crippen LogP contribution in [-0.2, 0) is 19.5 Å². The number of carbonyl (C=O) groups is 3. The van der Waals surface area contributed by atoms with E-state index in [0.29, 0.717) is 0 Å². The van der Waals surface area contributed by atoms with Crippen LogP contribution in [0.25, 0.3) is 0 Å². The van der Waals surface area contributed by atoms with Gasteiger partial charge in [0.15, 0.2) is 0 Å². The predicted molar refractivity (Wildman–Crippen MR) is 86.5 cm³/mol. The molecular formula is C15H15N3O6PRu. The molecule has 0 aliphatic carbocycles. The normalized spacial score (nSPS) is 8.31. The predicted octanol–water partition coefficient (Wildman–Crippen LogP) is -1.81. The first-order valence-corrected chi connectivity index (χ1v) is 6.46. The molecule has 1 radical (unpaired) electrons. The number of carboxylic acid groups (broad SMARTS) is 3. The first-order chi connectivity index (χ1) is 11.4. The van der Waals surface area contributed by atoms with E-state index < -0.39 is 17.9 Å². The number of aromatic carboxylic acids is 3. The molecule has 3 aromatic rings. The van der Waals surface area contributed by atoms with Gasteiger partial charge in [0.25, 0.3) is 0 Å². The van der Waals surface area contributed by atoms with Crippen molar-refractivity contribution in [2.45, 2.75) is 0 Å². The molecule has 139 valence electrons. The van der Waals surface area contributed by atoms with Gasteiger partial charge in [-0.1, -0.05) is 0 Å². The van der Waals surface area contributed by atoms with Crippen molar-refractivity contribution in [2.24, 2.45) is 0 Å². The minimum atomic E-state index is -1.17. The Labute approximate surface area is 164 Å². The summed E-state index contributed by atoms with van der Waals surface area (Å²) in [4.78, 5) is 37.2. The van der Waals surface area contributed by atoms with Gasteiger partial charge in [-0.3, -0.25) is 0 Å². The smallest absolute Gasteiger partial charge is 0.543 e. The van der Waals surface area contributed by atoms with Crippen LogP contribution >= 0.6 is 9.90 Å². The average molecular weight is 465 g/mol. The van der Waals surface area contributed by atoms with Crippen LogP contribution in [-0.4, -0.2) is 32.9 Å². The van der Waals surface area contributed by atoms with E-state index in [-0.39, 0.29) is 46.5 Å². The van der Waals surface area contributed by atoms with Gasteiger partial charge in [0.1, 0.15) is 0 Å². The van der Waals surface area contributed by atoms with E-state index in [0.717, 1.165) is 0 Å². The van der Waals surface area contributed by atoms with E-state index in [1.165, 1.54) is 36.8 Å². The van der Waals surface area contributed by atoms with Crippen LogP contribution < -0.4 is 15.3 Å². The van der Waals surface area contributed by atoms with Crippen molar-refractivity contribution in [1.82, 2.24) is 15.0 Å². The molecule has 0 bridgehead atoms. The molecule has 11 heteroatoms. The summed E-state index contributed by atoms with van der Waals surface area (Å²) in [6, 6.07) is 9.13. The summed E-state index contributed by atoms with van der Waals surface area (Å²) in [5, 5.41) is 29.8. The molecule has 3 N–H and O–H groups in total. The number of nitrogens with one attached hydrogen (secondary N) is 3. The van der Waals surface area contributed by atoms with Crippen molar-refractivity contribution in [1.29, 1.82) is 0 Å². The molecule has 9 nitrogen and oxygen atoms in total. The van der Waals surface area contributed by atoms with Crippen molar-refractivity contribution in [2.75, 3.05) is 0 Å². The SMILES string of the molecule is O=C([O-])c1ccc[nH]1.O=C([O-])c1ccc[nH]1.O=C([O-])c1ccc[nH]1.P.[Ru+3]. The molecule has 26 heavy (non-hydrogen) atoms. The maximum atomic E-state index is 9.92. The maximum Gasteiger partial charge on any atom is 3.00 e. The number of H-pyrrole nitrogens is 3. The Morgan fingerprint density at radius 2 is 0.846 bits per heavy atom. The monoisotopic (exact) mass is 466 g/mol. The molecule has 0 aliphatic heterocycles. The second-order valence-corrected chi connectivity index (χ2v) is 4.11. The van der Waals surface area contributed by atoms with Gasteiger partial charge in [-0.2, -0.15) is 9.90 Å². The fourth-order valence-electron chi connectivity index (χ4n) is 1.37. The minimum absolute atomic E-state index is 0. The molecule has 3 aromatic heterocycles. The second-order valence-electron chi connectivity index (χ2n) is 4.11. The zero-order chi connectivity index (χ0) is 17.9. The van der Waals surface area contributed by atoms with E-state index in [4.69, 9.17) is 0 Å². The van der Waals surface area contributed by atoms with Crippen LogP contribution in [0.2, 0.25) is 0 Å². The van der Waals surface area contributed by atoms with Gasteiger partial charge in [0.05, 0.1) is 35.0 Å². The van der Waals surface area contributed by atoms with E-state index in [1.54, 1.807) is 18.2 Å². The number of carboxylic acids is 3. The third-order valence-corrected chi connectivity index (χ3v) is 2.45. The van der Waals surface area contributed by atoms with Crippen LogP contribution in [0.4, 0.5) is 0 Å². The Morgan fingerprint density at radius 1 is 0.615 bits per heavy atom. The summed E-state index contributed by atoms with van der Waals surface area (Å²) < 4.78 is 0. The standard InChI is InChI=1S/3C5H5NO2.H3P.Ru/c3*7-5(8)4-2-1-3-6-4;;/h3*1-3,6H,(H,7,8);1H3;/q;;;;+3/p-3. The number of rotatable bonds is 3. The van der Waals surface area contributed by atoms with Gasteiger partial charge in [-0.15, -0.1) is 0 Å². The number of hydrogen-bond acceptors (Lipinski definition) is 6. The number of aromatic nitrogens is 3. The van der Waals surface area contributed by atoms with Gasteiger partial charge in [0, 0.05) is 18.6 Å². The van der Waals surface area contributed by atoms with E-state index in [9.17, 15) is 29.7 Å². The van der Waals surface area contributed by atoms with Crippen LogP contribution in [0.1, 0.15) is 31.5 Å². The van der Waals surface area contributed by atoms with Crippen LogP contribution in [0, 0.1) is 0 Å². The van der Waals surface area contributed by atoms with E-state index in [1.807, 2.05) is 0 Å². The third kappa shape index (κ3) is 9.56. The van der Waals surface area contributed by atoms with Gasteiger partial charge >= 0.3 is 19.5 Å². The Hall–Kier alpha value is -2.70. The first kappa shape index (κ1) is 25.5. The molecule has 0 saturated carbocycles. The van der Waals surface area contributed by atoms with Gasteiger partial charge < -0.3 is 44.7 Å². The number of hydrogen-bond donors (Lipinski definition) is 3. The Balaban J connectivity index is 0. The first-order valence-electron chi connectivity index (χ1n) is 6.46. The summed E-state index contributed by atoms with van der Waals surface area (Å²) in [5.41, 5.74) is 0.347. The molecule has 0 fully saturated rings. The molecule has 0 spiro atoms. The summed E-state index contributed by atoms with van der Waals surface area (Å²) in [6.45, 7) is 0. The van der Waals surface area contributed by atoms with Crippen LogP contribution in [0.3, 0.4) is 0 Å². The topological polar surface area (TPSA) is 168 Å².